The lowest BCUT2D eigenvalue weighted by molar-refractivity contribution is -0.142. The molecule has 0 fully saturated rings. The van der Waals surface area contributed by atoms with E-state index in [9.17, 15) is 9.59 Å². The first-order valence-corrected chi connectivity index (χ1v) is 5.25. The molecule has 2 atom stereocenters. The molecule has 1 rings (SSSR count). The number of carbonyl (C=O) groups excluding carboxylic acids is 1. The number of hydrogen-bond donors (Lipinski definition) is 2. The lowest BCUT2D eigenvalue weighted by atomic mass is 10.3. The van der Waals surface area contributed by atoms with E-state index >= 15 is 0 Å². The molecule has 5 heteroatoms. The maximum atomic E-state index is 11.6. The van der Waals surface area contributed by atoms with Gasteiger partial charge in [0.2, 0.25) is 0 Å². The number of benzene rings is 1. The van der Waals surface area contributed by atoms with Crippen molar-refractivity contribution in [2.24, 2.45) is 0 Å². The van der Waals surface area contributed by atoms with Gasteiger partial charge in [-0.1, -0.05) is 18.2 Å². The summed E-state index contributed by atoms with van der Waals surface area (Å²) in [5.41, 5.74) is 0. The smallest absolute Gasteiger partial charge is 0.325 e. The van der Waals surface area contributed by atoms with Crippen LogP contribution in [-0.4, -0.2) is 29.1 Å². The molecule has 1 aromatic carbocycles. The molecule has 0 aromatic heterocycles. The van der Waals surface area contributed by atoms with Gasteiger partial charge in [-0.2, -0.15) is 0 Å². The van der Waals surface area contributed by atoms with Gasteiger partial charge in [0.15, 0.2) is 6.10 Å². The van der Waals surface area contributed by atoms with Gasteiger partial charge in [0, 0.05) is 0 Å². The molecule has 0 aliphatic heterocycles. The van der Waals surface area contributed by atoms with Crippen LogP contribution in [0.25, 0.3) is 0 Å². The van der Waals surface area contributed by atoms with E-state index in [1.165, 1.54) is 6.92 Å². The summed E-state index contributed by atoms with van der Waals surface area (Å²) < 4.78 is 5.35. The van der Waals surface area contributed by atoms with Crippen LogP contribution in [0.15, 0.2) is 30.3 Å². The zero-order valence-corrected chi connectivity index (χ0v) is 9.71. The lowest BCUT2D eigenvalue weighted by Gasteiger charge is -2.16. The van der Waals surface area contributed by atoms with Crippen molar-refractivity contribution in [1.82, 2.24) is 5.32 Å². The van der Waals surface area contributed by atoms with Crippen molar-refractivity contribution in [2.75, 3.05) is 0 Å². The summed E-state index contributed by atoms with van der Waals surface area (Å²) in [6, 6.07) is 7.95. The Hall–Kier alpha value is -2.04. The van der Waals surface area contributed by atoms with E-state index in [0.29, 0.717) is 5.75 Å². The Morgan fingerprint density at radius 3 is 2.35 bits per heavy atom. The zero-order valence-electron chi connectivity index (χ0n) is 9.71. The van der Waals surface area contributed by atoms with Crippen molar-refractivity contribution in [1.29, 1.82) is 0 Å². The van der Waals surface area contributed by atoms with E-state index in [4.69, 9.17) is 9.84 Å². The fourth-order valence-electron chi connectivity index (χ4n) is 1.15. The molecule has 0 saturated carbocycles. The van der Waals surface area contributed by atoms with Crippen LogP contribution in [0.4, 0.5) is 0 Å². The highest BCUT2D eigenvalue weighted by Gasteiger charge is 2.19. The predicted molar refractivity (Wildman–Crippen MR) is 61.8 cm³/mol. The van der Waals surface area contributed by atoms with Gasteiger partial charge in [-0.25, -0.2) is 0 Å². The molecule has 0 bridgehead atoms. The molecular weight excluding hydrogens is 222 g/mol. The third kappa shape index (κ3) is 4.14. The van der Waals surface area contributed by atoms with E-state index in [2.05, 4.69) is 5.32 Å². The maximum absolute atomic E-state index is 11.6. The second kappa shape index (κ2) is 5.89. The molecule has 1 aromatic rings. The second-order valence-electron chi connectivity index (χ2n) is 3.64. The summed E-state index contributed by atoms with van der Waals surface area (Å²) in [6.45, 7) is 2.96. The van der Waals surface area contributed by atoms with Gasteiger partial charge >= 0.3 is 5.97 Å². The van der Waals surface area contributed by atoms with Crippen LogP contribution in [0.5, 0.6) is 5.75 Å². The third-order valence-corrected chi connectivity index (χ3v) is 2.15. The summed E-state index contributed by atoms with van der Waals surface area (Å²) in [5.74, 6) is -0.966. The van der Waals surface area contributed by atoms with E-state index in [1.54, 1.807) is 31.2 Å². The fraction of sp³-hybridized carbons (Fsp3) is 0.333. The molecule has 0 aliphatic carbocycles. The Morgan fingerprint density at radius 2 is 1.82 bits per heavy atom. The van der Waals surface area contributed by atoms with Gasteiger partial charge in [0.1, 0.15) is 11.8 Å². The van der Waals surface area contributed by atoms with Crippen molar-refractivity contribution in [2.45, 2.75) is 26.0 Å². The van der Waals surface area contributed by atoms with Gasteiger partial charge in [-0.15, -0.1) is 0 Å². The Labute approximate surface area is 99.4 Å². The number of carbonyl (C=O) groups is 2. The van der Waals surface area contributed by atoms with Crippen LogP contribution in [0.1, 0.15) is 13.8 Å². The molecule has 5 nitrogen and oxygen atoms in total. The quantitative estimate of drug-likeness (QED) is 0.802. The minimum atomic E-state index is -1.08. The number of hydrogen-bond acceptors (Lipinski definition) is 3. The molecule has 2 N–H and O–H groups in total. The molecule has 1 unspecified atom stereocenters. The summed E-state index contributed by atoms with van der Waals surface area (Å²) >= 11 is 0. The highest BCUT2D eigenvalue weighted by Crippen LogP contribution is 2.10. The lowest BCUT2D eigenvalue weighted by Crippen LogP contribution is -2.44. The second-order valence-corrected chi connectivity index (χ2v) is 3.64. The Bertz CT molecular complexity index is 391. The van der Waals surface area contributed by atoms with Crippen LogP contribution in [0, 0.1) is 0 Å². The SMILES string of the molecule is CC(Oc1ccccc1)C(=O)N[C@@H](C)C(=O)O. The molecule has 0 aliphatic rings. The Kier molecular flexibility index (Phi) is 4.51. The van der Waals surface area contributed by atoms with E-state index in [0.717, 1.165) is 0 Å². The van der Waals surface area contributed by atoms with Crippen molar-refractivity contribution in [3.63, 3.8) is 0 Å². The number of nitrogens with one attached hydrogen (secondary N) is 1. The first-order chi connectivity index (χ1) is 8.00. The number of ether oxygens (including phenoxy) is 1. The molecule has 0 spiro atoms. The molecule has 92 valence electrons. The first kappa shape index (κ1) is 13.0. The number of para-hydroxylation sites is 1. The third-order valence-electron chi connectivity index (χ3n) is 2.15. The standard InChI is InChI=1S/C12H15NO4/c1-8(12(15)16)13-11(14)9(2)17-10-6-4-3-5-7-10/h3-9H,1-2H3,(H,13,14)(H,15,16)/t8-,9?/m0/s1. The zero-order chi connectivity index (χ0) is 12.8. The fourth-order valence-corrected chi connectivity index (χ4v) is 1.15. The molecular formula is C12H15NO4. The van der Waals surface area contributed by atoms with Crippen LogP contribution < -0.4 is 10.1 Å². The van der Waals surface area contributed by atoms with Crippen LogP contribution >= 0.6 is 0 Å². The molecule has 17 heavy (non-hydrogen) atoms. The van der Waals surface area contributed by atoms with Gasteiger partial charge in [0.05, 0.1) is 0 Å². The highest BCUT2D eigenvalue weighted by atomic mass is 16.5. The number of aliphatic carboxylic acids is 1. The predicted octanol–water partition coefficient (Wildman–Crippen LogP) is 1.04. The molecule has 0 saturated heterocycles. The monoisotopic (exact) mass is 237 g/mol. The van der Waals surface area contributed by atoms with E-state index in [1.807, 2.05) is 6.07 Å². The molecule has 0 radical (unpaired) electrons. The first-order valence-electron chi connectivity index (χ1n) is 5.25. The topological polar surface area (TPSA) is 75.6 Å². The van der Waals surface area contributed by atoms with E-state index < -0.39 is 24.0 Å². The van der Waals surface area contributed by atoms with Crippen LogP contribution in [0.3, 0.4) is 0 Å². The molecule has 1 amide bonds. The van der Waals surface area contributed by atoms with Crippen LogP contribution in [0.2, 0.25) is 0 Å². The van der Waals surface area contributed by atoms with Crippen molar-refractivity contribution < 1.29 is 19.4 Å². The van der Waals surface area contributed by atoms with Crippen molar-refractivity contribution in [3.05, 3.63) is 30.3 Å². The Balaban J connectivity index is 2.50. The van der Waals surface area contributed by atoms with Gasteiger partial charge in [-0.3, -0.25) is 9.59 Å². The van der Waals surface area contributed by atoms with Gasteiger partial charge in [-0.05, 0) is 26.0 Å². The summed E-state index contributed by atoms with van der Waals surface area (Å²) in [5, 5.41) is 11.0. The minimum absolute atomic E-state index is 0.455. The summed E-state index contributed by atoms with van der Waals surface area (Å²) in [6.07, 6.45) is -0.737. The number of carboxylic acids is 1. The largest absolute Gasteiger partial charge is 0.481 e. The number of carboxylic acid groups (broad SMARTS) is 1. The van der Waals surface area contributed by atoms with Crippen LogP contribution in [-0.2, 0) is 9.59 Å². The van der Waals surface area contributed by atoms with E-state index in [-0.39, 0.29) is 0 Å². The average molecular weight is 237 g/mol. The normalized spacial score (nSPS) is 13.5. The van der Waals surface area contributed by atoms with Crippen molar-refractivity contribution >= 4 is 11.9 Å². The summed E-state index contributed by atoms with van der Waals surface area (Å²) in [7, 11) is 0. The average Bonchev–Trinajstić information content (AvgIpc) is 2.29. The molecule has 0 heterocycles. The Morgan fingerprint density at radius 1 is 1.24 bits per heavy atom. The van der Waals surface area contributed by atoms with Gasteiger partial charge < -0.3 is 15.2 Å². The van der Waals surface area contributed by atoms with Crippen molar-refractivity contribution in [3.8, 4) is 5.75 Å². The number of rotatable bonds is 5. The van der Waals surface area contributed by atoms with Gasteiger partial charge in [0.25, 0.3) is 5.91 Å². The minimum Gasteiger partial charge on any atom is -0.481 e. The maximum Gasteiger partial charge on any atom is 0.325 e. The summed E-state index contributed by atoms with van der Waals surface area (Å²) in [4.78, 5) is 22.1. The number of amides is 1. The highest BCUT2D eigenvalue weighted by molar-refractivity contribution is 5.85.